The summed E-state index contributed by atoms with van der Waals surface area (Å²) in [5.74, 6) is 2.08. The van der Waals surface area contributed by atoms with Gasteiger partial charge in [0.15, 0.2) is 0 Å². The van der Waals surface area contributed by atoms with Crippen LogP contribution in [0.1, 0.15) is 17.2 Å². The van der Waals surface area contributed by atoms with Gasteiger partial charge in [-0.1, -0.05) is 42.5 Å². The molecule has 0 aliphatic carbocycles. The third-order valence-electron chi connectivity index (χ3n) is 3.96. The van der Waals surface area contributed by atoms with Crippen molar-refractivity contribution < 1.29 is 4.74 Å². The van der Waals surface area contributed by atoms with Crippen LogP contribution in [0.2, 0.25) is 0 Å². The fraction of sp³-hybridized carbons (Fsp3) is 0.368. The number of hydrogen-bond acceptors (Lipinski definition) is 2. The summed E-state index contributed by atoms with van der Waals surface area (Å²) in [5.41, 5.74) is 2.56. The van der Waals surface area contributed by atoms with Crippen molar-refractivity contribution in [1.29, 1.82) is 0 Å². The molecule has 1 unspecified atom stereocenters. The molecule has 0 saturated heterocycles. The van der Waals surface area contributed by atoms with Crippen LogP contribution in [0.15, 0.2) is 54.6 Å². The highest BCUT2D eigenvalue weighted by Gasteiger charge is 2.20. The quantitative estimate of drug-likeness (QED) is 0.604. The van der Waals surface area contributed by atoms with Crippen molar-refractivity contribution >= 4 is 23.2 Å². The first-order valence-corrected chi connectivity index (χ1v) is 8.89. The second kappa shape index (κ2) is 9.82. The molecule has 124 valence electrons. The van der Waals surface area contributed by atoms with E-state index >= 15 is 0 Å². The Morgan fingerprint density at radius 2 is 1.52 bits per heavy atom. The van der Waals surface area contributed by atoms with Crippen LogP contribution in [-0.2, 0) is 6.42 Å². The number of rotatable bonds is 9. The predicted octanol–water partition coefficient (Wildman–Crippen LogP) is 4.76. The van der Waals surface area contributed by atoms with Crippen LogP contribution in [0.3, 0.4) is 0 Å². The Morgan fingerprint density at radius 1 is 0.913 bits per heavy atom. The van der Waals surface area contributed by atoms with Crippen molar-refractivity contribution in [3.05, 3.63) is 65.7 Å². The Kier molecular flexibility index (Phi) is 7.73. The molecule has 0 aliphatic heterocycles. The van der Waals surface area contributed by atoms with Gasteiger partial charge in [-0.05, 0) is 29.7 Å². The molecule has 2 nitrogen and oxygen atoms in total. The lowest BCUT2D eigenvalue weighted by Gasteiger charge is -2.31. The summed E-state index contributed by atoms with van der Waals surface area (Å²) in [6.45, 7) is 1.65. The molecule has 2 aromatic carbocycles. The van der Waals surface area contributed by atoms with Crippen LogP contribution in [0.25, 0.3) is 0 Å². The molecule has 2 rings (SSSR count). The van der Waals surface area contributed by atoms with Crippen molar-refractivity contribution in [2.45, 2.75) is 12.5 Å². The fourth-order valence-corrected chi connectivity index (χ4v) is 3.19. The van der Waals surface area contributed by atoms with Gasteiger partial charge in [0, 0.05) is 30.9 Å². The molecule has 4 heteroatoms. The maximum Gasteiger partial charge on any atom is 0.118 e. The molecule has 0 amide bonds. The SMILES string of the molecule is COc1ccc(CC(c2ccccc2)N(CCCl)CCCl)cc1. The van der Waals surface area contributed by atoms with Gasteiger partial charge in [0.05, 0.1) is 7.11 Å². The van der Waals surface area contributed by atoms with Crippen molar-refractivity contribution in [3.8, 4) is 5.75 Å². The number of alkyl halides is 2. The summed E-state index contributed by atoms with van der Waals surface area (Å²) in [7, 11) is 1.68. The topological polar surface area (TPSA) is 12.5 Å². The molecule has 2 aromatic rings. The average Bonchev–Trinajstić information content (AvgIpc) is 2.61. The van der Waals surface area contributed by atoms with E-state index in [4.69, 9.17) is 27.9 Å². The predicted molar refractivity (Wildman–Crippen MR) is 98.9 cm³/mol. The molecule has 0 radical (unpaired) electrons. The first-order chi connectivity index (χ1) is 11.3. The van der Waals surface area contributed by atoms with E-state index in [1.54, 1.807) is 7.11 Å². The van der Waals surface area contributed by atoms with Crippen molar-refractivity contribution in [2.24, 2.45) is 0 Å². The average molecular weight is 352 g/mol. The minimum atomic E-state index is 0.266. The number of methoxy groups -OCH3 is 1. The molecule has 1 atom stereocenters. The van der Waals surface area contributed by atoms with Gasteiger partial charge in [-0.2, -0.15) is 0 Å². The van der Waals surface area contributed by atoms with Crippen LogP contribution in [-0.4, -0.2) is 36.9 Å². The van der Waals surface area contributed by atoms with E-state index in [1.165, 1.54) is 11.1 Å². The normalized spacial score (nSPS) is 12.3. The van der Waals surface area contributed by atoms with Crippen LogP contribution >= 0.6 is 23.2 Å². The van der Waals surface area contributed by atoms with E-state index in [1.807, 2.05) is 18.2 Å². The van der Waals surface area contributed by atoms with Gasteiger partial charge in [0.2, 0.25) is 0 Å². The number of halogens is 2. The van der Waals surface area contributed by atoms with E-state index < -0.39 is 0 Å². The van der Waals surface area contributed by atoms with Gasteiger partial charge in [-0.15, -0.1) is 23.2 Å². The van der Waals surface area contributed by atoms with Gasteiger partial charge < -0.3 is 4.74 Å². The minimum absolute atomic E-state index is 0.266. The standard InChI is InChI=1S/C19H23Cl2NO/c1-23-18-9-7-16(8-10-18)15-19(17-5-3-2-4-6-17)22(13-11-20)14-12-21/h2-10,19H,11-15H2,1H3. The van der Waals surface area contributed by atoms with E-state index in [9.17, 15) is 0 Å². The van der Waals surface area contributed by atoms with Crippen LogP contribution in [0.4, 0.5) is 0 Å². The highest BCUT2D eigenvalue weighted by molar-refractivity contribution is 6.18. The van der Waals surface area contributed by atoms with Crippen LogP contribution in [0, 0.1) is 0 Å². The van der Waals surface area contributed by atoms with E-state index in [-0.39, 0.29) is 6.04 Å². The van der Waals surface area contributed by atoms with Gasteiger partial charge in [-0.25, -0.2) is 0 Å². The Labute approximate surface area is 149 Å². The van der Waals surface area contributed by atoms with Crippen molar-refractivity contribution in [3.63, 3.8) is 0 Å². The molecular formula is C19H23Cl2NO. The highest BCUT2D eigenvalue weighted by Crippen LogP contribution is 2.26. The maximum absolute atomic E-state index is 6.00. The van der Waals surface area contributed by atoms with E-state index in [2.05, 4.69) is 41.3 Å². The monoisotopic (exact) mass is 351 g/mol. The molecule has 0 saturated carbocycles. The molecule has 0 fully saturated rings. The lowest BCUT2D eigenvalue weighted by molar-refractivity contribution is 0.220. The number of ether oxygens (including phenoxy) is 1. The van der Waals surface area contributed by atoms with E-state index in [0.29, 0.717) is 11.8 Å². The molecule has 0 aromatic heterocycles. The van der Waals surface area contributed by atoms with Gasteiger partial charge in [-0.3, -0.25) is 4.90 Å². The van der Waals surface area contributed by atoms with Gasteiger partial charge >= 0.3 is 0 Å². The summed E-state index contributed by atoms with van der Waals surface area (Å²) >= 11 is 12.0. The number of nitrogens with zero attached hydrogens (tertiary/aromatic N) is 1. The second-order valence-electron chi connectivity index (χ2n) is 5.39. The van der Waals surface area contributed by atoms with Crippen molar-refractivity contribution in [2.75, 3.05) is 32.0 Å². The minimum Gasteiger partial charge on any atom is -0.497 e. The summed E-state index contributed by atoms with van der Waals surface area (Å²) in [5, 5.41) is 0. The van der Waals surface area contributed by atoms with Crippen LogP contribution in [0.5, 0.6) is 5.75 Å². The Balaban J connectivity index is 2.24. The summed E-state index contributed by atoms with van der Waals surface area (Å²) in [6.07, 6.45) is 0.918. The molecule has 0 spiro atoms. The summed E-state index contributed by atoms with van der Waals surface area (Å²) in [4.78, 5) is 2.36. The third kappa shape index (κ3) is 5.42. The van der Waals surface area contributed by atoms with Gasteiger partial charge in [0.25, 0.3) is 0 Å². The number of benzene rings is 2. The molecular weight excluding hydrogens is 329 g/mol. The molecule has 23 heavy (non-hydrogen) atoms. The highest BCUT2D eigenvalue weighted by atomic mass is 35.5. The molecule has 0 heterocycles. The smallest absolute Gasteiger partial charge is 0.118 e. The third-order valence-corrected chi connectivity index (χ3v) is 4.29. The maximum atomic E-state index is 6.00. The summed E-state index contributed by atoms with van der Waals surface area (Å²) in [6, 6.07) is 19.1. The Bertz CT molecular complexity index is 553. The zero-order chi connectivity index (χ0) is 16.5. The zero-order valence-corrected chi connectivity index (χ0v) is 14.9. The lowest BCUT2D eigenvalue weighted by atomic mass is 9.97. The van der Waals surface area contributed by atoms with Gasteiger partial charge in [0.1, 0.15) is 5.75 Å². The Hall–Kier alpha value is -1.22. The number of hydrogen-bond donors (Lipinski definition) is 0. The fourth-order valence-electron chi connectivity index (χ4n) is 2.76. The zero-order valence-electron chi connectivity index (χ0n) is 13.4. The largest absolute Gasteiger partial charge is 0.497 e. The van der Waals surface area contributed by atoms with Crippen molar-refractivity contribution in [1.82, 2.24) is 4.90 Å². The summed E-state index contributed by atoms with van der Waals surface area (Å²) < 4.78 is 5.24. The Morgan fingerprint density at radius 3 is 2.04 bits per heavy atom. The molecule has 0 aliphatic rings. The second-order valence-corrected chi connectivity index (χ2v) is 6.15. The molecule has 0 bridgehead atoms. The van der Waals surface area contributed by atoms with Crippen LogP contribution < -0.4 is 4.74 Å². The first kappa shape index (κ1) is 18.1. The first-order valence-electron chi connectivity index (χ1n) is 7.82. The lowest BCUT2D eigenvalue weighted by Crippen LogP contribution is -2.33. The molecule has 0 N–H and O–H groups in total. The van der Waals surface area contributed by atoms with E-state index in [0.717, 1.165) is 25.3 Å².